The number of halogens is 7. The zero-order valence-electron chi connectivity index (χ0n) is 19.6. The van der Waals surface area contributed by atoms with Gasteiger partial charge >= 0.3 is 12.4 Å². The Bertz CT molecular complexity index is 1190. The molecule has 3 aromatic carbocycles. The Morgan fingerprint density at radius 3 is 2.03 bits per heavy atom. The third-order valence-electron chi connectivity index (χ3n) is 6.34. The van der Waals surface area contributed by atoms with Crippen molar-refractivity contribution in [2.45, 2.75) is 37.5 Å². The molecule has 0 spiro atoms. The van der Waals surface area contributed by atoms with E-state index in [9.17, 15) is 30.7 Å². The second-order valence-corrected chi connectivity index (χ2v) is 8.96. The molecule has 9 heteroatoms. The van der Waals surface area contributed by atoms with E-state index in [1.54, 1.807) is 12.1 Å². The number of hydrogen-bond acceptors (Lipinski definition) is 2. The van der Waals surface area contributed by atoms with Crippen LogP contribution in [-0.2, 0) is 23.6 Å². The summed E-state index contributed by atoms with van der Waals surface area (Å²) in [5, 5.41) is 0. The molecule has 0 N–H and O–H groups in total. The van der Waals surface area contributed by atoms with Gasteiger partial charge in [-0.3, -0.25) is 4.90 Å². The van der Waals surface area contributed by atoms with Crippen LogP contribution in [0.25, 0.3) is 5.57 Å². The molecule has 1 heterocycles. The van der Waals surface area contributed by atoms with E-state index >= 15 is 0 Å². The molecule has 0 amide bonds. The van der Waals surface area contributed by atoms with Gasteiger partial charge in [0.2, 0.25) is 0 Å². The molecule has 0 bridgehead atoms. The van der Waals surface area contributed by atoms with Gasteiger partial charge in [0.15, 0.2) is 0 Å². The Kier molecular flexibility index (Phi) is 7.75. The average Bonchev–Trinajstić information content (AvgIpc) is 2.84. The van der Waals surface area contributed by atoms with Gasteiger partial charge in [0.1, 0.15) is 5.82 Å². The summed E-state index contributed by atoms with van der Waals surface area (Å²) in [6.07, 6.45) is -10.6. The second kappa shape index (κ2) is 10.7. The van der Waals surface area contributed by atoms with Crippen LogP contribution in [0, 0.1) is 5.82 Å². The van der Waals surface area contributed by atoms with Crippen LogP contribution in [0.1, 0.15) is 40.3 Å². The molecule has 0 aliphatic carbocycles. The largest absolute Gasteiger partial charge is 0.416 e. The summed E-state index contributed by atoms with van der Waals surface area (Å²) >= 11 is 0. The van der Waals surface area contributed by atoms with Crippen LogP contribution in [0.4, 0.5) is 30.7 Å². The van der Waals surface area contributed by atoms with Gasteiger partial charge in [0, 0.05) is 19.5 Å². The van der Waals surface area contributed by atoms with E-state index in [0.29, 0.717) is 31.8 Å². The number of rotatable bonds is 6. The zero-order valence-corrected chi connectivity index (χ0v) is 19.6. The summed E-state index contributed by atoms with van der Waals surface area (Å²) in [5.74, 6) is -0.431. The fourth-order valence-corrected chi connectivity index (χ4v) is 4.56. The monoisotopic (exact) mass is 523 g/mol. The molecule has 1 aliphatic heterocycles. The number of alkyl halides is 6. The number of morpholine rings is 1. The molecule has 37 heavy (non-hydrogen) atoms. The van der Waals surface area contributed by atoms with E-state index in [-0.39, 0.29) is 23.6 Å². The molecule has 0 radical (unpaired) electrons. The summed E-state index contributed by atoms with van der Waals surface area (Å²) in [5.41, 5.74) is -1.25. The minimum Gasteiger partial charge on any atom is -0.375 e. The van der Waals surface area contributed by atoms with Crippen molar-refractivity contribution in [3.63, 3.8) is 0 Å². The maximum atomic E-state index is 13.7. The predicted octanol–water partition coefficient (Wildman–Crippen LogP) is 7.91. The van der Waals surface area contributed by atoms with Crippen LogP contribution in [0.3, 0.4) is 0 Å². The summed E-state index contributed by atoms with van der Waals surface area (Å²) in [6, 6.07) is 16.4. The number of nitrogens with zero attached hydrogens (tertiary/aromatic N) is 1. The highest BCUT2D eigenvalue weighted by Crippen LogP contribution is 2.40. The van der Waals surface area contributed by atoms with Crippen molar-refractivity contribution < 1.29 is 35.5 Å². The van der Waals surface area contributed by atoms with Crippen molar-refractivity contribution in [3.8, 4) is 0 Å². The van der Waals surface area contributed by atoms with Gasteiger partial charge in [-0.25, -0.2) is 4.39 Å². The highest BCUT2D eigenvalue weighted by molar-refractivity contribution is 5.65. The first-order valence-electron chi connectivity index (χ1n) is 11.5. The van der Waals surface area contributed by atoms with Gasteiger partial charge in [-0.05, 0) is 52.6 Å². The first-order valence-corrected chi connectivity index (χ1v) is 11.5. The lowest BCUT2D eigenvalue weighted by molar-refractivity contribution is -0.143. The standard InChI is InChI=1S/C28H24F7NO/c1-18(21-14-22(27(30,31)32)16-23(15-21)28(33,34)35)13-25-26(20-7-9-24(29)10-8-20)36(11-12-37-25)17-19-5-3-2-4-6-19/h2-10,14-16,25-26H,1,11-13,17H2. The van der Waals surface area contributed by atoms with Crippen LogP contribution < -0.4 is 0 Å². The SMILES string of the molecule is C=C(CC1OCCN(Cc2ccccc2)C1c1ccc(F)cc1)c1cc(C(F)(F)F)cc(C(F)(F)F)c1. The average molecular weight is 523 g/mol. The summed E-state index contributed by atoms with van der Waals surface area (Å²) in [6.45, 7) is 5.18. The smallest absolute Gasteiger partial charge is 0.375 e. The highest BCUT2D eigenvalue weighted by Gasteiger charge is 2.38. The molecule has 3 aromatic rings. The number of benzene rings is 3. The molecule has 2 atom stereocenters. The molecule has 2 nitrogen and oxygen atoms in total. The summed E-state index contributed by atoms with van der Waals surface area (Å²) in [7, 11) is 0. The molecular formula is C28H24F7NO. The van der Waals surface area contributed by atoms with Crippen molar-refractivity contribution in [1.29, 1.82) is 0 Å². The first kappa shape index (κ1) is 26.9. The predicted molar refractivity (Wildman–Crippen MR) is 126 cm³/mol. The molecule has 0 saturated carbocycles. The quantitative estimate of drug-likeness (QED) is 0.305. The molecule has 1 aliphatic rings. The van der Waals surface area contributed by atoms with Crippen molar-refractivity contribution in [1.82, 2.24) is 4.90 Å². The molecule has 1 saturated heterocycles. The van der Waals surface area contributed by atoms with Gasteiger partial charge in [-0.1, -0.05) is 49.0 Å². The molecular weight excluding hydrogens is 499 g/mol. The van der Waals surface area contributed by atoms with E-state index < -0.39 is 41.4 Å². The van der Waals surface area contributed by atoms with E-state index in [1.807, 2.05) is 30.3 Å². The third-order valence-corrected chi connectivity index (χ3v) is 6.34. The lowest BCUT2D eigenvalue weighted by Gasteiger charge is -2.42. The van der Waals surface area contributed by atoms with E-state index in [4.69, 9.17) is 4.74 Å². The van der Waals surface area contributed by atoms with Gasteiger partial charge in [-0.2, -0.15) is 26.3 Å². The van der Waals surface area contributed by atoms with Crippen molar-refractivity contribution in [2.24, 2.45) is 0 Å². The Balaban J connectivity index is 1.67. The fraction of sp³-hybridized carbons (Fsp3) is 0.286. The lowest BCUT2D eigenvalue weighted by Crippen LogP contribution is -2.45. The van der Waals surface area contributed by atoms with Gasteiger partial charge in [0.05, 0.1) is 29.9 Å². The Morgan fingerprint density at radius 2 is 1.46 bits per heavy atom. The van der Waals surface area contributed by atoms with Crippen LogP contribution in [0.5, 0.6) is 0 Å². The molecule has 2 unspecified atom stereocenters. The Morgan fingerprint density at radius 1 is 0.865 bits per heavy atom. The van der Waals surface area contributed by atoms with Crippen LogP contribution >= 0.6 is 0 Å². The van der Waals surface area contributed by atoms with E-state index in [0.717, 1.165) is 11.1 Å². The minimum absolute atomic E-state index is 0.0219. The Labute approximate surface area is 210 Å². The summed E-state index contributed by atoms with van der Waals surface area (Å²) < 4.78 is 99.9. The normalized spacial score (nSPS) is 19.1. The van der Waals surface area contributed by atoms with E-state index in [2.05, 4.69) is 11.5 Å². The van der Waals surface area contributed by atoms with Crippen LogP contribution in [0.2, 0.25) is 0 Å². The lowest BCUT2D eigenvalue weighted by atomic mass is 9.90. The topological polar surface area (TPSA) is 12.5 Å². The maximum Gasteiger partial charge on any atom is 0.416 e. The third kappa shape index (κ3) is 6.59. The highest BCUT2D eigenvalue weighted by atomic mass is 19.4. The minimum atomic E-state index is -4.96. The molecule has 1 fully saturated rings. The van der Waals surface area contributed by atoms with E-state index in [1.165, 1.54) is 12.1 Å². The fourth-order valence-electron chi connectivity index (χ4n) is 4.56. The van der Waals surface area contributed by atoms with Crippen molar-refractivity contribution in [2.75, 3.05) is 13.2 Å². The molecule has 196 valence electrons. The van der Waals surface area contributed by atoms with Gasteiger partial charge < -0.3 is 4.74 Å². The molecule has 0 aromatic heterocycles. The van der Waals surface area contributed by atoms with Crippen molar-refractivity contribution in [3.05, 3.63) is 113 Å². The van der Waals surface area contributed by atoms with Crippen LogP contribution in [0.15, 0.2) is 79.4 Å². The maximum absolute atomic E-state index is 13.7. The summed E-state index contributed by atoms with van der Waals surface area (Å²) in [4.78, 5) is 2.11. The molecule has 4 rings (SSSR count). The zero-order chi connectivity index (χ0) is 26.8. The van der Waals surface area contributed by atoms with Gasteiger partial charge in [-0.15, -0.1) is 0 Å². The number of ether oxygens (including phenoxy) is 1. The number of hydrogen-bond donors (Lipinski definition) is 0. The van der Waals surface area contributed by atoms with Gasteiger partial charge in [0.25, 0.3) is 0 Å². The van der Waals surface area contributed by atoms with Crippen molar-refractivity contribution >= 4 is 5.57 Å². The first-order chi connectivity index (χ1) is 17.4. The Hall–Kier alpha value is -3.17. The van der Waals surface area contributed by atoms with Crippen LogP contribution in [-0.4, -0.2) is 24.2 Å². The second-order valence-electron chi connectivity index (χ2n) is 8.96.